The highest BCUT2D eigenvalue weighted by molar-refractivity contribution is 5.95. The van der Waals surface area contributed by atoms with E-state index < -0.39 is 0 Å². The molecule has 4 aromatic rings. The summed E-state index contributed by atoms with van der Waals surface area (Å²) in [5.41, 5.74) is 4.49. The van der Waals surface area contributed by atoms with Crippen molar-refractivity contribution in [1.82, 2.24) is 40.3 Å². The van der Waals surface area contributed by atoms with Gasteiger partial charge in [-0.2, -0.15) is 0 Å². The number of rotatable bonds is 12. The highest BCUT2D eigenvalue weighted by Gasteiger charge is 2.27. The average molecular weight is 610 g/mol. The van der Waals surface area contributed by atoms with Gasteiger partial charge in [0.2, 0.25) is 0 Å². The molecule has 2 saturated heterocycles. The first-order valence-corrected chi connectivity index (χ1v) is 16.4. The van der Waals surface area contributed by atoms with Gasteiger partial charge in [-0.15, -0.1) is 5.10 Å². The molecule has 0 saturated carbocycles. The molecule has 2 aliphatic rings. The third-order valence-corrected chi connectivity index (χ3v) is 9.20. The molecule has 11 nitrogen and oxygen atoms in total. The molecule has 0 atom stereocenters. The molecule has 3 N–H and O–H groups in total. The molecule has 2 fully saturated rings. The Kier molecular flexibility index (Phi) is 10.4. The summed E-state index contributed by atoms with van der Waals surface area (Å²) in [5, 5.41) is 14.5. The van der Waals surface area contributed by atoms with Crippen LogP contribution in [0.5, 0.6) is 0 Å². The first-order chi connectivity index (χ1) is 22.2. The Morgan fingerprint density at radius 1 is 1.00 bits per heavy atom. The van der Waals surface area contributed by atoms with E-state index in [1.54, 1.807) is 18.7 Å². The van der Waals surface area contributed by atoms with Crippen molar-refractivity contribution < 1.29 is 9.36 Å². The van der Waals surface area contributed by atoms with E-state index in [0.29, 0.717) is 18.7 Å². The summed E-state index contributed by atoms with van der Waals surface area (Å²) >= 11 is 0. The van der Waals surface area contributed by atoms with Crippen molar-refractivity contribution in [3.05, 3.63) is 83.8 Å². The van der Waals surface area contributed by atoms with Crippen molar-refractivity contribution in [2.75, 3.05) is 38.0 Å². The van der Waals surface area contributed by atoms with E-state index in [2.05, 4.69) is 57.1 Å². The molecule has 2 aliphatic heterocycles. The largest absolute Gasteiger partial charge is 0.375 e. The molecule has 3 aromatic heterocycles. The molecule has 0 spiro atoms. The second-order valence-electron chi connectivity index (χ2n) is 12.0. The first kappa shape index (κ1) is 30.8. The summed E-state index contributed by atoms with van der Waals surface area (Å²) in [6.07, 6.45) is 14.4. The number of nitrogens with one attached hydrogen (secondary N) is 3. The third kappa shape index (κ3) is 7.90. The second kappa shape index (κ2) is 15.2. The van der Waals surface area contributed by atoms with Crippen LogP contribution in [0.25, 0.3) is 11.5 Å². The zero-order valence-corrected chi connectivity index (χ0v) is 26.3. The summed E-state index contributed by atoms with van der Waals surface area (Å²) in [7, 11) is 0. The number of hydrogen-bond donors (Lipinski definition) is 3. The van der Waals surface area contributed by atoms with Gasteiger partial charge in [0.25, 0.3) is 11.7 Å². The van der Waals surface area contributed by atoms with Crippen LogP contribution in [0.3, 0.4) is 0 Å². The first-order valence-electron chi connectivity index (χ1n) is 16.4. The highest BCUT2D eigenvalue weighted by atomic mass is 16.1. The van der Waals surface area contributed by atoms with Crippen LogP contribution in [0.2, 0.25) is 0 Å². The maximum atomic E-state index is 13.0. The minimum atomic E-state index is -0.107. The Morgan fingerprint density at radius 2 is 1.84 bits per heavy atom. The van der Waals surface area contributed by atoms with Crippen molar-refractivity contribution >= 4 is 11.6 Å². The number of aromatic nitrogens is 6. The van der Waals surface area contributed by atoms with Crippen molar-refractivity contribution in [2.24, 2.45) is 0 Å². The van der Waals surface area contributed by atoms with Gasteiger partial charge in [0, 0.05) is 54.1 Å². The number of piperidine rings is 2. The number of amides is 1. The average Bonchev–Trinajstić information content (AvgIpc) is 3.52. The number of likely N-dealkylation sites (tertiary alicyclic amines) is 2. The number of hydrogen-bond acceptors (Lipinski definition) is 8. The summed E-state index contributed by atoms with van der Waals surface area (Å²) in [6.45, 7) is 9.65. The third-order valence-electron chi connectivity index (χ3n) is 9.20. The lowest BCUT2D eigenvalue weighted by atomic mass is 10.00. The van der Waals surface area contributed by atoms with Gasteiger partial charge >= 0.3 is 5.82 Å². The maximum absolute atomic E-state index is 13.0. The van der Waals surface area contributed by atoms with Crippen molar-refractivity contribution in [1.29, 1.82) is 0 Å². The monoisotopic (exact) mass is 609 g/mol. The quantitative estimate of drug-likeness (QED) is 0.209. The predicted octanol–water partition coefficient (Wildman–Crippen LogP) is 3.60. The Balaban J connectivity index is 1.09. The number of nitrogens with zero attached hydrogens (tertiary/aromatic N) is 7. The minimum absolute atomic E-state index is 0.107. The van der Waals surface area contributed by atoms with Crippen molar-refractivity contribution in [2.45, 2.75) is 71.1 Å². The molecular weight excluding hydrogens is 564 g/mol. The van der Waals surface area contributed by atoms with Gasteiger partial charge in [0.05, 0.1) is 6.54 Å². The molecule has 11 heteroatoms. The number of anilines is 1. The lowest BCUT2D eigenvalue weighted by molar-refractivity contribution is -0.693. The minimum Gasteiger partial charge on any atom is -0.375 e. The molecule has 0 aliphatic carbocycles. The number of aromatic amines is 1. The molecule has 0 bridgehead atoms. The molecule has 0 unspecified atom stereocenters. The Bertz CT molecular complexity index is 1530. The van der Waals surface area contributed by atoms with Gasteiger partial charge < -0.3 is 20.4 Å². The summed E-state index contributed by atoms with van der Waals surface area (Å²) < 4.78 is 2.22. The van der Waals surface area contributed by atoms with Gasteiger partial charge in [-0.3, -0.25) is 9.78 Å². The molecule has 45 heavy (non-hydrogen) atoms. The van der Waals surface area contributed by atoms with Crippen LogP contribution < -0.4 is 15.2 Å². The molecule has 1 amide bonds. The fraction of sp³-hybridized carbons (Fsp3) is 0.471. The number of carbonyl (C=O) groups is 1. The van der Waals surface area contributed by atoms with Gasteiger partial charge in [0.15, 0.2) is 0 Å². The Morgan fingerprint density at radius 3 is 2.64 bits per heavy atom. The van der Waals surface area contributed by atoms with Crippen LogP contribution in [0.1, 0.15) is 66.3 Å². The zero-order chi connectivity index (χ0) is 30.8. The van der Waals surface area contributed by atoms with Gasteiger partial charge in [-0.25, -0.2) is 14.5 Å². The molecule has 1 aromatic carbocycles. The van der Waals surface area contributed by atoms with Gasteiger partial charge in [0.1, 0.15) is 18.6 Å². The van der Waals surface area contributed by atoms with Crippen LogP contribution in [0.4, 0.5) is 5.69 Å². The molecular formula is C34H45N10O+. The Hall–Kier alpha value is -4.22. The summed E-state index contributed by atoms with van der Waals surface area (Å²) in [6, 6.07) is 12.2. The van der Waals surface area contributed by atoms with Gasteiger partial charge in [-0.1, -0.05) is 19.4 Å². The second-order valence-corrected chi connectivity index (χ2v) is 12.0. The van der Waals surface area contributed by atoms with Crippen molar-refractivity contribution in [3.8, 4) is 11.5 Å². The molecule has 5 heterocycles. The Labute approximate surface area is 265 Å². The number of carbonyl (C=O) groups excluding carboxylic acids is 1. The molecule has 236 valence electrons. The van der Waals surface area contributed by atoms with Gasteiger partial charge in [-0.05, 0) is 99.7 Å². The van der Waals surface area contributed by atoms with E-state index in [9.17, 15) is 4.79 Å². The fourth-order valence-corrected chi connectivity index (χ4v) is 6.57. The molecule has 0 radical (unpaired) electrons. The smallest absolute Gasteiger partial charge is 0.327 e. The SMILES string of the molecule is CCc1cnccc1CNC(=O)c1cccc(NCc2[nH]nc(-c3ccncn3)[n+]2CCN2CCC(N3CCCCC3)CC2)c1. The van der Waals surface area contributed by atoms with Crippen LogP contribution >= 0.6 is 0 Å². The zero-order valence-electron chi connectivity index (χ0n) is 26.3. The van der Waals surface area contributed by atoms with Crippen LogP contribution in [-0.4, -0.2) is 79.6 Å². The van der Waals surface area contributed by atoms with Crippen LogP contribution in [0, 0.1) is 0 Å². The van der Waals surface area contributed by atoms with Crippen molar-refractivity contribution in [3.63, 3.8) is 0 Å². The topological polar surface area (TPSA) is 119 Å². The van der Waals surface area contributed by atoms with E-state index in [1.807, 2.05) is 42.6 Å². The van der Waals surface area contributed by atoms with E-state index in [0.717, 1.165) is 72.8 Å². The number of aryl methyl sites for hydroxylation is 1. The van der Waals surface area contributed by atoms with E-state index >= 15 is 0 Å². The standard InChI is InChI=1S/C34H44N10O/c1-2-26-22-35-13-9-28(26)23-38-34(45)27-7-6-8-29(21-27)37-24-32-40-41-33(31-10-14-36-25-39-31)44(32)20-19-42-17-11-30(12-18-42)43-15-4-3-5-16-43/h6-10,13-14,21-22,25,30,37H,2-5,11-12,15-20,23-24H2,1H3,(H,38,45)/p+1. The van der Waals surface area contributed by atoms with Crippen LogP contribution in [-0.2, 0) is 26.1 Å². The predicted molar refractivity (Wildman–Crippen MR) is 173 cm³/mol. The normalized spacial score (nSPS) is 16.5. The number of benzene rings is 1. The highest BCUT2D eigenvalue weighted by Crippen LogP contribution is 2.21. The lowest BCUT2D eigenvalue weighted by Gasteiger charge is -2.40. The van der Waals surface area contributed by atoms with E-state index in [4.69, 9.17) is 0 Å². The summed E-state index contributed by atoms with van der Waals surface area (Å²) in [4.78, 5) is 31.1. The number of pyridine rings is 1. The maximum Gasteiger partial charge on any atom is 0.327 e. The summed E-state index contributed by atoms with van der Waals surface area (Å²) in [5.74, 6) is 1.64. The lowest BCUT2D eigenvalue weighted by Crippen LogP contribution is -2.50. The molecule has 6 rings (SSSR count). The van der Waals surface area contributed by atoms with E-state index in [1.165, 1.54) is 45.2 Å². The van der Waals surface area contributed by atoms with Crippen LogP contribution in [0.15, 0.2) is 61.3 Å². The fourth-order valence-electron chi connectivity index (χ4n) is 6.57. The van der Waals surface area contributed by atoms with E-state index in [-0.39, 0.29) is 5.91 Å². The number of H-pyrrole nitrogens is 1.